The van der Waals surface area contributed by atoms with Crippen LogP contribution < -0.4 is 20.7 Å². The number of ether oxygens (including phenoxy) is 4. The molecule has 0 saturated carbocycles. The molecule has 3 aromatic carbocycles. The van der Waals surface area contributed by atoms with Crippen LogP contribution in [0.15, 0.2) is 94.6 Å². The Morgan fingerprint density at radius 1 is 0.915 bits per heavy atom. The molecule has 1 fully saturated rings. The summed E-state index contributed by atoms with van der Waals surface area (Å²) in [6, 6.07) is 25.5. The maximum Gasteiger partial charge on any atom is 0.509 e. The number of nitrogens with one attached hydrogen (secondary N) is 1. The zero-order valence-corrected chi connectivity index (χ0v) is 30.0. The number of benzene rings is 3. The smallest absolute Gasteiger partial charge is 0.497 e. The molecular weight excluding hydrogens is 656 g/mol. The van der Waals surface area contributed by atoms with Crippen molar-refractivity contribution in [3.63, 3.8) is 0 Å². The van der Waals surface area contributed by atoms with E-state index in [1.807, 2.05) is 78.9 Å². The average molecular weight is 696 g/mol. The van der Waals surface area contributed by atoms with Gasteiger partial charge in [0.25, 0.3) is 13.9 Å². The van der Waals surface area contributed by atoms with Crippen LogP contribution in [0.4, 0.5) is 0 Å². The van der Waals surface area contributed by atoms with Crippen LogP contribution in [0.25, 0.3) is 0 Å². The van der Waals surface area contributed by atoms with Crippen molar-refractivity contribution in [3.05, 3.63) is 128 Å². The molecule has 1 N–H and O–H groups in total. The summed E-state index contributed by atoms with van der Waals surface area (Å²) in [6.45, 7) is 7.87. The molecule has 0 aliphatic carbocycles. The summed E-state index contributed by atoms with van der Waals surface area (Å²) in [5.74, 6) is 1.41. The Morgan fingerprint density at radius 2 is 1.47 bits per heavy atom. The van der Waals surface area contributed by atoms with E-state index in [1.54, 1.807) is 21.1 Å². The minimum absolute atomic E-state index is 0.0774. The largest absolute Gasteiger partial charge is 0.509 e. The van der Waals surface area contributed by atoms with Crippen molar-refractivity contribution >= 4 is 27.3 Å². The molecule has 1 unspecified atom stereocenters. The fraction of sp³-hybridized carbons (Fsp3) is 0.353. The highest BCUT2D eigenvalue weighted by molar-refractivity contribution is 8.01. The number of rotatable bonds is 13. The van der Waals surface area contributed by atoms with Crippen molar-refractivity contribution in [3.8, 4) is 11.5 Å². The van der Waals surface area contributed by atoms with Crippen LogP contribution in [0.1, 0.15) is 34.9 Å². The molecule has 4 aromatic rings. The Bertz CT molecular complexity index is 1750. The van der Waals surface area contributed by atoms with Gasteiger partial charge >= 0.3 is 12.8 Å². The summed E-state index contributed by atoms with van der Waals surface area (Å²) in [6.07, 6.45) is -0.195. The van der Waals surface area contributed by atoms with Gasteiger partial charge in [-0.25, -0.2) is 4.79 Å². The molecule has 10 nitrogen and oxygen atoms in total. The van der Waals surface area contributed by atoms with Crippen molar-refractivity contribution in [2.75, 3.05) is 20.8 Å². The second-order valence-electron chi connectivity index (χ2n) is 12.2. The topological polar surface area (TPSA) is 110 Å². The highest BCUT2D eigenvalue weighted by Crippen LogP contribution is 2.46. The molecule has 1 aliphatic heterocycles. The van der Waals surface area contributed by atoms with Crippen molar-refractivity contribution in [2.45, 2.75) is 57.0 Å². The maximum atomic E-state index is 13.0. The van der Waals surface area contributed by atoms with E-state index in [1.165, 1.54) is 10.8 Å². The SMILES string of the molecule is COc1ccc(C(O[C@H]2C[C@H](n3cc(C)c(=O)[nH]c3=O)O[C@@H]2CO[P+](=S)O[Si](C)(C)C)(c2ccccc2)c2ccc(OC)cc2)cc1. The van der Waals surface area contributed by atoms with Crippen LogP contribution in [0.2, 0.25) is 19.6 Å². The van der Waals surface area contributed by atoms with Gasteiger partial charge in [-0.3, -0.25) is 14.3 Å². The predicted octanol–water partition coefficient (Wildman–Crippen LogP) is 6.17. The van der Waals surface area contributed by atoms with Crippen molar-refractivity contribution in [2.24, 2.45) is 0 Å². The van der Waals surface area contributed by atoms with Gasteiger partial charge in [-0.15, -0.1) is 4.52 Å². The van der Waals surface area contributed by atoms with Crippen LogP contribution >= 0.6 is 7.15 Å². The molecule has 1 saturated heterocycles. The third kappa shape index (κ3) is 7.98. The third-order valence-electron chi connectivity index (χ3n) is 7.83. The minimum Gasteiger partial charge on any atom is -0.497 e. The van der Waals surface area contributed by atoms with Gasteiger partial charge in [0.1, 0.15) is 36.0 Å². The van der Waals surface area contributed by atoms with Gasteiger partial charge < -0.3 is 18.9 Å². The lowest BCUT2D eigenvalue weighted by Crippen LogP contribution is -2.41. The second kappa shape index (κ2) is 14.7. The first-order valence-electron chi connectivity index (χ1n) is 15.2. The quantitative estimate of drug-likeness (QED) is 0.0998. The van der Waals surface area contributed by atoms with Gasteiger partial charge in [0, 0.05) is 18.2 Å². The normalized spacial score (nSPS) is 18.6. The lowest BCUT2D eigenvalue weighted by atomic mass is 9.79. The van der Waals surface area contributed by atoms with Gasteiger partial charge in [-0.1, -0.05) is 54.6 Å². The summed E-state index contributed by atoms with van der Waals surface area (Å²) in [5, 5.41) is 0. The Hall–Kier alpha value is -3.48. The second-order valence-corrected chi connectivity index (χ2v) is 18.8. The van der Waals surface area contributed by atoms with Crippen LogP contribution in [0.3, 0.4) is 0 Å². The van der Waals surface area contributed by atoms with Gasteiger partial charge in [0.05, 0.1) is 20.3 Å². The Balaban J connectivity index is 1.63. The molecule has 0 spiro atoms. The average Bonchev–Trinajstić information content (AvgIpc) is 3.46. The highest BCUT2D eigenvalue weighted by atomic mass is 32.4. The fourth-order valence-corrected chi connectivity index (χ4v) is 10.0. The summed E-state index contributed by atoms with van der Waals surface area (Å²) < 4.78 is 38.4. The van der Waals surface area contributed by atoms with Crippen LogP contribution in [0, 0.1) is 6.92 Å². The molecule has 4 atom stereocenters. The third-order valence-corrected chi connectivity index (χ3v) is 12.0. The van der Waals surface area contributed by atoms with Crippen molar-refractivity contribution < 1.29 is 27.7 Å². The number of hydrogen-bond donors (Lipinski definition) is 1. The molecule has 1 aliphatic rings. The van der Waals surface area contributed by atoms with Crippen LogP contribution in [-0.4, -0.2) is 50.9 Å². The fourth-order valence-electron chi connectivity index (χ4n) is 5.59. The zero-order valence-electron chi connectivity index (χ0n) is 27.3. The Labute approximate surface area is 281 Å². The van der Waals surface area contributed by atoms with Gasteiger partial charge in [0.2, 0.25) is 11.8 Å². The standard InChI is InChI=1S/C34H39N2O8PSSi/c1-23-21-36(33(38)35-32(23)37)31-20-29(30(42-31)22-41-45(46)44-47(4,5)6)43-34(24-10-8-7-9-11-24,25-12-16-27(39-2)17-13-25)26-14-18-28(40-3)19-15-26/h7-19,21,29-31H,20,22H2,1-6H3/p+1/t29-,30+,31+/m0/s1. The minimum atomic E-state index is -1.96. The Kier molecular flexibility index (Phi) is 10.9. The summed E-state index contributed by atoms with van der Waals surface area (Å²) in [5.41, 5.74) is 0.809. The molecular formula is C34H40N2O8PSSi+. The maximum absolute atomic E-state index is 13.0. The van der Waals surface area contributed by atoms with Crippen LogP contribution in [0.5, 0.6) is 11.5 Å². The number of H-pyrrole nitrogens is 1. The van der Waals surface area contributed by atoms with Crippen molar-refractivity contribution in [1.29, 1.82) is 0 Å². The first-order chi connectivity index (χ1) is 22.4. The number of methoxy groups -OCH3 is 2. The number of nitrogens with zero attached hydrogens (tertiary/aromatic N) is 1. The van der Waals surface area contributed by atoms with E-state index in [4.69, 9.17) is 39.5 Å². The van der Waals surface area contributed by atoms with E-state index >= 15 is 0 Å². The summed E-state index contributed by atoms with van der Waals surface area (Å²) in [7, 11) is -0.305. The first-order valence-corrected chi connectivity index (χ1v) is 20.8. The molecule has 1 aromatic heterocycles. The molecule has 5 rings (SSSR count). The van der Waals surface area contributed by atoms with E-state index in [2.05, 4.69) is 24.6 Å². The van der Waals surface area contributed by atoms with E-state index < -0.39 is 50.8 Å². The molecule has 0 amide bonds. The van der Waals surface area contributed by atoms with Crippen molar-refractivity contribution in [1.82, 2.24) is 9.55 Å². The molecule has 0 bridgehead atoms. The molecule has 248 valence electrons. The van der Waals surface area contributed by atoms with E-state index in [0.717, 1.165) is 16.7 Å². The lowest BCUT2D eigenvalue weighted by Gasteiger charge is -2.39. The van der Waals surface area contributed by atoms with E-state index in [9.17, 15) is 9.59 Å². The molecule has 0 radical (unpaired) electrons. The first kappa shape index (κ1) is 34.8. The van der Waals surface area contributed by atoms with Gasteiger partial charge in [0.15, 0.2) is 0 Å². The number of aryl methyl sites for hydroxylation is 1. The molecule has 47 heavy (non-hydrogen) atoms. The molecule has 13 heteroatoms. The lowest BCUT2D eigenvalue weighted by molar-refractivity contribution is -0.0959. The van der Waals surface area contributed by atoms with Gasteiger partial charge in [-0.2, -0.15) is 4.21 Å². The molecule has 2 heterocycles. The Morgan fingerprint density at radius 3 is 2.00 bits per heavy atom. The number of hydrogen-bond acceptors (Lipinski definition) is 9. The number of aromatic nitrogens is 2. The van der Waals surface area contributed by atoms with Crippen LogP contribution in [-0.2, 0) is 35.6 Å². The van der Waals surface area contributed by atoms with E-state index in [0.29, 0.717) is 17.1 Å². The zero-order chi connectivity index (χ0) is 33.8. The summed E-state index contributed by atoms with van der Waals surface area (Å²) in [4.78, 5) is 27.6. The van der Waals surface area contributed by atoms with Gasteiger partial charge in [-0.05, 0) is 67.5 Å². The van der Waals surface area contributed by atoms with E-state index in [-0.39, 0.29) is 13.0 Å². The highest BCUT2D eigenvalue weighted by Gasteiger charge is 2.47. The predicted molar refractivity (Wildman–Crippen MR) is 186 cm³/mol. The monoisotopic (exact) mass is 695 g/mol. The summed E-state index contributed by atoms with van der Waals surface area (Å²) >= 11 is 5.56. The number of aromatic amines is 1.